The van der Waals surface area contributed by atoms with Crippen LogP contribution in [0.2, 0.25) is 0 Å². The number of esters is 1. The number of carbonyl (C=O) groups is 1. The Balaban J connectivity index is 1.89. The van der Waals surface area contributed by atoms with E-state index in [4.69, 9.17) is 16.0 Å². The number of oxime groups is 1. The van der Waals surface area contributed by atoms with Gasteiger partial charge in [-0.05, 0) is 27.9 Å². The molecule has 0 radical (unpaired) electrons. The Morgan fingerprint density at radius 3 is 2.90 bits per heavy atom. The Hall–Kier alpha value is -1.80. The third kappa shape index (κ3) is 4.33. The smallest absolute Gasteiger partial charge is 0.305 e. The molecule has 1 aromatic rings. The molecule has 0 spiro atoms. The molecular formula is C16H16BrNO3. The standard InChI is InChI=1S/C16H16BrNO3/c1-2-3-5-10-14(19)20-11-13-15(16(17)18-21-13)12-8-6-4-7-9-12/h1,4,6-9,13,15H,3,5,10-11H2/t13-,15+/m1/s1. The summed E-state index contributed by atoms with van der Waals surface area (Å²) in [5, 5.41) is 3.94. The van der Waals surface area contributed by atoms with Gasteiger partial charge in [0, 0.05) is 12.8 Å². The Bertz CT molecular complexity index is 550. The van der Waals surface area contributed by atoms with E-state index in [-0.39, 0.29) is 24.6 Å². The number of terminal acetylenes is 1. The first kappa shape index (κ1) is 15.6. The molecule has 1 aromatic carbocycles. The molecule has 0 saturated heterocycles. The normalized spacial score (nSPS) is 20.3. The molecule has 0 N–H and O–H groups in total. The summed E-state index contributed by atoms with van der Waals surface area (Å²) < 4.78 is 5.96. The first-order valence-corrected chi connectivity index (χ1v) is 7.55. The first-order valence-electron chi connectivity index (χ1n) is 6.75. The van der Waals surface area contributed by atoms with Crippen LogP contribution in [-0.4, -0.2) is 23.3 Å². The third-order valence-electron chi connectivity index (χ3n) is 3.17. The Labute approximate surface area is 132 Å². The van der Waals surface area contributed by atoms with Crippen LogP contribution in [0.1, 0.15) is 30.7 Å². The fourth-order valence-electron chi connectivity index (χ4n) is 2.11. The van der Waals surface area contributed by atoms with Crippen LogP contribution < -0.4 is 0 Å². The minimum absolute atomic E-state index is 0.0512. The Morgan fingerprint density at radius 1 is 1.43 bits per heavy atom. The van der Waals surface area contributed by atoms with Gasteiger partial charge in [0.05, 0.1) is 5.92 Å². The van der Waals surface area contributed by atoms with Gasteiger partial charge in [0.2, 0.25) is 0 Å². The zero-order chi connectivity index (χ0) is 15.1. The van der Waals surface area contributed by atoms with Crippen LogP contribution in [0, 0.1) is 12.3 Å². The van der Waals surface area contributed by atoms with Crippen molar-refractivity contribution < 1.29 is 14.4 Å². The summed E-state index contributed by atoms with van der Waals surface area (Å²) in [5.41, 5.74) is 1.07. The van der Waals surface area contributed by atoms with Crippen molar-refractivity contribution in [2.45, 2.75) is 31.3 Å². The summed E-state index contributed by atoms with van der Waals surface area (Å²) in [6, 6.07) is 9.86. The third-order valence-corrected chi connectivity index (χ3v) is 3.81. The molecule has 1 aliphatic rings. The Kier molecular flexibility index (Phi) is 5.82. The number of rotatable bonds is 6. The molecular weight excluding hydrogens is 334 g/mol. The zero-order valence-corrected chi connectivity index (χ0v) is 13.1. The van der Waals surface area contributed by atoms with E-state index in [0.29, 0.717) is 23.9 Å². The van der Waals surface area contributed by atoms with Crippen molar-refractivity contribution in [3.05, 3.63) is 35.9 Å². The van der Waals surface area contributed by atoms with Crippen LogP contribution in [0.15, 0.2) is 35.5 Å². The maximum absolute atomic E-state index is 11.6. The molecule has 1 heterocycles. The van der Waals surface area contributed by atoms with Crippen LogP contribution >= 0.6 is 15.9 Å². The highest BCUT2D eigenvalue weighted by Gasteiger charge is 2.35. The van der Waals surface area contributed by atoms with Gasteiger partial charge in [-0.15, -0.1) is 12.3 Å². The van der Waals surface area contributed by atoms with Gasteiger partial charge in [-0.25, -0.2) is 0 Å². The number of hydrogen-bond donors (Lipinski definition) is 0. The van der Waals surface area contributed by atoms with E-state index in [1.165, 1.54) is 0 Å². The van der Waals surface area contributed by atoms with Gasteiger partial charge in [-0.2, -0.15) is 0 Å². The van der Waals surface area contributed by atoms with Gasteiger partial charge in [-0.1, -0.05) is 35.5 Å². The number of carbonyl (C=O) groups excluding carboxylic acids is 1. The van der Waals surface area contributed by atoms with E-state index in [1.54, 1.807) is 0 Å². The molecule has 0 amide bonds. The second-order valence-electron chi connectivity index (χ2n) is 4.69. The quantitative estimate of drug-likeness (QED) is 0.450. The van der Waals surface area contributed by atoms with E-state index in [0.717, 1.165) is 5.56 Å². The van der Waals surface area contributed by atoms with Crippen LogP contribution in [0.3, 0.4) is 0 Å². The van der Waals surface area contributed by atoms with Gasteiger partial charge in [0.1, 0.15) is 11.2 Å². The fourth-order valence-corrected chi connectivity index (χ4v) is 2.75. The summed E-state index contributed by atoms with van der Waals surface area (Å²) in [7, 11) is 0. The lowest BCUT2D eigenvalue weighted by Gasteiger charge is -2.17. The number of benzene rings is 1. The van der Waals surface area contributed by atoms with E-state index in [2.05, 4.69) is 27.0 Å². The van der Waals surface area contributed by atoms with E-state index < -0.39 is 0 Å². The van der Waals surface area contributed by atoms with Crippen molar-refractivity contribution in [3.63, 3.8) is 0 Å². The van der Waals surface area contributed by atoms with Gasteiger partial charge >= 0.3 is 5.97 Å². The van der Waals surface area contributed by atoms with E-state index >= 15 is 0 Å². The van der Waals surface area contributed by atoms with E-state index in [9.17, 15) is 4.79 Å². The highest BCUT2D eigenvalue weighted by atomic mass is 79.9. The largest absolute Gasteiger partial charge is 0.462 e. The van der Waals surface area contributed by atoms with Gasteiger partial charge in [0.25, 0.3) is 0 Å². The highest BCUT2D eigenvalue weighted by Crippen LogP contribution is 2.31. The number of unbranched alkanes of at least 4 members (excludes halogenated alkanes) is 1. The van der Waals surface area contributed by atoms with E-state index in [1.807, 2.05) is 30.3 Å². The predicted molar refractivity (Wildman–Crippen MR) is 84.1 cm³/mol. The molecule has 0 aromatic heterocycles. The molecule has 0 unspecified atom stereocenters. The maximum Gasteiger partial charge on any atom is 0.305 e. The van der Waals surface area contributed by atoms with Gasteiger partial charge < -0.3 is 9.57 Å². The molecule has 2 atom stereocenters. The summed E-state index contributed by atoms with van der Waals surface area (Å²) in [4.78, 5) is 16.9. The number of hydrogen-bond acceptors (Lipinski definition) is 4. The molecule has 4 nitrogen and oxygen atoms in total. The SMILES string of the molecule is C#CCCCC(=O)OC[C@H]1ON=C(Br)[C@H]1c1ccccc1. The first-order chi connectivity index (χ1) is 10.2. The molecule has 2 rings (SSSR count). The summed E-state index contributed by atoms with van der Waals surface area (Å²) in [5.74, 6) is 2.19. The summed E-state index contributed by atoms with van der Waals surface area (Å²) >= 11 is 3.40. The molecule has 5 heteroatoms. The van der Waals surface area contributed by atoms with Crippen molar-refractivity contribution >= 4 is 26.5 Å². The Morgan fingerprint density at radius 2 is 2.19 bits per heavy atom. The highest BCUT2D eigenvalue weighted by molar-refractivity contribution is 9.18. The summed E-state index contributed by atoms with van der Waals surface area (Å²) in [6.07, 6.45) is 6.39. The lowest BCUT2D eigenvalue weighted by Crippen LogP contribution is -2.26. The van der Waals surface area contributed by atoms with Crippen LogP contribution in [0.4, 0.5) is 0 Å². The second-order valence-corrected chi connectivity index (χ2v) is 5.50. The van der Waals surface area contributed by atoms with Crippen molar-refractivity contribution in [2.75, 3.05) is 6.61 Å². The molecule has 0 aliphatic carbocycles. The van der Waals surface area contributed by atoms with Crippen molar-refractivity contribution in [3.8, 4) is 12.3 Å². The average Bonchev–Trinajstić information content (AvgIpc) is 2.87. The van der Waals surface area contributed by atoms with Crippen molar-refractivity contribution in [1.29, 1.82) is 0 Å². The molecule has 0 saturated carbocycles. The van der Waals surface area contributed by atoms with Crippen LogP contribution in [0.25, 0.3) is 0 Å². The van der Waals surface area contributed by atoms with Gasteiger partial charge in [0.15, 0.2) is 6.10 Å². The molecule has 21 heavy (non-hydrogen) atoms. The topological polar surface area (TPSA) is 47.9 Å². The number of nitrogens with zero attached hydrogens (tertiary/aromatic N) is 1. The number of ether oxygens (including phenoxy) is 1. The fraction of sp³-hybridized carbons (Fsp3) is 0.375. The predicted octanol–water partition coefficient (Wildman–Crippen LogP) is 3.22. The molecule has 0 fully saturated rings. The van der Waals surface area contributed by atoms with Crippen molar-refractivity contribution in [2.24, 2.45) is 5.16 Å². The average molecular weight is 350 g/mol. The lowest BCUT2D eigenvalue weighted by atomic mass is 9.95. The minimum Gasteiger partial charge on any atom is -0.462 e. The number of halogens is 1. The maximum atomic E-state index is 11.6. The van der Waals surface area contributed by atoms with Crippen LogP contribution in [-0.2, 0) is 14.4 Å². The molecule has 110 valence electrons. The van der Waals surface area contributed by atoms with Crippen molar-refractivity contribution in [1.82, 2.24) is 0 Å². The lowest BCUT2D eigenvalue weighted by molar-refractivity contribution is -0.147. The second kappa shape index (κ2) is 7.84. The van der Waals surface area contributed by atoms with Gasteiger partial charge in [-0.3, -0.25) is 4.79 Å². The van der Waals surface area contributed by atoms with Crippen LogP contribution in [0.5, 0.6) is 0 Å². The molecule has 0 bridgehead atoms. The summed E-state index contributed by atoms with van der Waals surface area (Å²) in [6.45, 7) is 0.174. The molecule has 1 aliphatic heterocycles. The monoisotopic (exact) mass is 349 g/mol. The minimum atomic E-state index is -0.307. The zero-order valence-electron chi connectivity index (χ0n) is 11.5.